The van der Waals surface area contributed by atoms with Gasteiger partial charge in [0.25, 0.3) is 0 Å². The van der Waals surface area contributed by atoms with Crippen LogP contribution in [0.15, 0.2) is 23.2 Å². The molecule has 0 saturated carbocycles. The molecule has 0 radical (unpaired) electrons. The van der Waals surface area contributed by atoms with E-state index in [0.717, 1.165) is 38.7 Å². The molecule has 2 aliphatic heterocycles. The number of nitrogens with one attached hydrogen (secondary N) is 1. The predicted octanol–water partition coefficient (Wildman–Crippen LogP) is 2.10. The summed E-state index contributed by atoms with van der Waals surface area (Å²) >= 11 is 6.16. The van der Waals surface area contributed by atoms with Gasteiger partial charge in [-0.2, -0.15) is 0 Å². The summed E-state index contributed by atoms with van der Waals surface area (Å²) < 4.78 is 19.4. The van der Waals surface area contributed by atoms with Gasteiger partial charge in [0.05, 0.1) is 12.1 Å². The maximum Gasteiger partial charge on any atom is 0.194 e. The molecular weight excluding hydrogens is 383 g/mol. The topological polar surface area (TPSA) is 60.3 Å². The fraction of sp³-hybridized carbons (Fsp3) is 0.650. The van der Waals surface area contributed by atoms with Crippen LogP contribution in [0, 0.1) is 5.82 Å². The van der Waals surface area contributed by atoms with Crippen molar-refractivity contribution < 1.29 is 14.2 Å². The molecule has 28 heavy (non-hydrogen) atoms. The van der Waals surface area contributed by atoms with Crippen LogP contribution >= 0.6 is 11.6 Å². The van der Waals surface area contributed by atoms with E-state index in [1.54, 1.807) is 12.1 Å². The first-order valence-electron chi connectivity index (χ1n) is 9.99. The van der Waals surface area contributed by atoms with Gasteiger partial charge in [0.1, 0.15) is 5.82 Å². The lowest BCUT2D eigenvalue weighted by Crippen LogP contribution is -2.52. The molecule has 3 rings (SSSR count). The summed E-state index contributed by atoms with van der Waals surface area (Å²) in [6, 6.07) is 4.81. The van der Waals surface area contributed by atoms with Crippen LogP contribution in [0.4, 0.5) is 4.39 Å². The number of nitrogens with zero attached hydrogens (tertiary/aromatic N) is 3. The molecule has 0 unspecified atom stereocenters. The third-order valence-electron chi connectivity index (χ3n) is 5.40. The molecule has 2 saturated heterocycles. The summed E-state index contributed by atoms with van der Waals surface area (Å²) in [5.74, 6) is 0.570. The van der Waals surface area contributed by atoms with Crippen LogP contribution in [0.3, 0.4) is 0 Å². The normalized spacial score (nSPS) is 21.0. The Morgan fingerprint density at radius 2 is 2.00 bits per heavy atom. The maximum absolute atomic E-state index is 14.0. The molecule has 6 nitrogen and oxygen atoms in total. The van der Waals surface area contributed by atoms with Crippen molar-refractivity contribution in [3.8, 4) is 0 Å². The quantitative estimate of drug-likeness (QED) is 0.573. The zero-order valence-corrected chi connectivity index (χ0v) is 17.2. The van der Waals surface area contributed by atoms with E-state index in [9.17, 15) is 9.50 Å². The molecule has 8 heteroatoms. The minimum atomic E-state index is -0.775. The summed E-state index contributed by atoms with van der Waals surface area (Å²) in [6.45, 7) is 8.04. The number of guanidine groups is 1. The van der Waals surface area contributed by atoms with Gasteiger partial charge in [0, 0.05) is 75.9 Å². The van der Waals surface area contributed by atoms with E-state index in [4.69, 9.17) is 21.3 Å². The molecule has 2 heterocycles. The van der Waals surface area contributed by atoms with Crippen molar-refractivity contribution in [2.75, 3.05) is 52.5 Å². The molecule has 156 valence electrons. The fourth-order valence-corrected chi connectivity index (χ4v) is 3.80. The number of aliphatic imine (C=N–C) groups is 1. The minimum absolute atomic E-state index is 0.255. The minimum Gasteiger partial charge on any atom is -0.388 e. The highest BCUT2D eigenvalue weighted by Crippen LogP contribution is 2.22. The zero-order valence-electron chi connectivity index (χ0n) is 16.5. The largest absolute Gasteiger partial charge is 0.388 e. The molecule has 2 N–H and O–H groups in total. The monoisotopic (exact) mass is 412 g/mol. The SMILES string of the molecule is CCNC(=NCC1(O)CCOCC1)N1CCN(Cc2c(F)cccc2Cl)CC1. The lowest BCUT2D eigenvalue weighted by molar-refractivity contribution is -0.0567. The van der Waals surface area contributed by atoms with Crippen molar-refractivity contribution in [1.29, 1.82) is 0 Å². The molecule has 2 aliphatic rings. The van der Waals surface area contributed by atoms with Crippen LogP contribution in [-0.2, 0) is 11.3 Å². The Balaban J connectivity index is 1.57. The van der Waals surface area contributed by atoms with E-state index < -0.39 is 5.60 Å². The Kier molecular flexibility index (Phi) is 7.51. The van der Waals surface area contributed by atoms with Gasteiger partial charge in [0.15, 0.2) is 5.96 Å². The molecule has 0 spiro atoms. The lowest BCUT2D eigenvalue weighted by atomic mass is 9.95. The van der Waals surface area contributed by atoms with Gasteiger partial charge in [0.2, 0.25) is 0 Å². The number of hydrogen-bond donors (Lipinski definition) is 2. The van der Waals surface area contributed by atoms with Gasteiger partial charge in [-0.25, -0.2) is 4.39 Å². The average molecular weight is 413 g/mol. The Morgan fingerprint density at radius 3 is 2.64 bits per heavy atom. The van der Waals surface area contributed by atoms with E-state index in [1.807, 2.05) is 6.92 Å². The van der Waals surface area contributed by atoms with E-state index in [2.05, 4.69) is 15.1 Å². The van der Waals surface area contributed by atoms with E-state index >= 15 is 0 Å². The van der Waals surface area contributed by atoms with Gasteiger partial charge in [-0.1, -0.05) is 17.7 Å². The summed E-state index contributed by atoms with van der Waals surface area (Å²) in [7, 11) is 0. The smallest absolute Gasteiger partial charge is 0.194 e. The Bertz CT molecular complexity index is 654. The van der Waals surface area contributed by atoms with Gasteiger partial charge >= 0.3 is 0 Å². The summed E-state index contributed by atoms with van der Waals surface area (Å²) in [4.78, 5) is 9.10. The van der Waals surface area contributed by atoms with Gasteiger partial charge in [-0.05, 0) is 19.1 Å². The van der Waals surface area contributed by atoms with Crippen molar-refractivity contribution in [2.45, 2.75) is 31.9 Å². The third-order valence-corrected chi connectivity index (χ3v) is 5.75. The molecule has 1 aromatic rings. The lowest BCUT2D eigenvalue weighted by Gasteiger charge is -2.37. The number of halogens is 2. The van der Waals surface area contributed by atoms with Gasteiger partial charge in [-0.3, -0.25) is 9.89 Å². The highest BCUT2D eigenvalue weighted by atomic mass is 35.5. The van der Waals surface area contributed by atoms with Crippen molar-refractivity contribution in [3.05, 3.63) is 34.6 Å². The second-order valence-corrected chi connectivity index (χ2v) is 7.88. The second-order valence-electron chi connectivity index (χ2n) is 7.47. The van der Waals surface area contributed by atoms with Crippen molar-refractivity contribution in [2.24, 2.45) is 4.99 Å². The first-order valence-corrected chi connectivity index (χ1v) is 10.4. The van der Waals surface area contributed by atoms with Crippen LogP contribution < -0.4 is 5.32 Å². The highest BCUT2D eigenvalue weighted by molar-refractivity contribution is 6.31. The van der Waals surface area contributed by atoms with E-state index in [0.29, 0.717) is 49.7 Å². The number of benzene rings is 1. The predicted molar refractivity (Wildman–Crippen MR) is 109 cm³/mol. The molecule has 1 aromatic carbocycles. The van der Waals surface area contributed by atoms with Crippen molar-refractivity contribution in [1.82, 2.24) is 15.1 Å². The van der Waals surface area contributed by atoms with E-state index in [1.165, 1.54) is 6.07 Å². The van der Waals surface area contributed by atoms with Crippen LogP contribution in [0.25, 0.3) is 0 Å². The standard InChI is InChI=1S/C20H30ClFN4O2/c1-2-23-19(24-15-20(27)6-12-28-13-7-20)26-10-8-25(9-11-26)14-16-17(21)4-3-5-18(16)22/h3-5,27H,2,6-15H2,1H3,(H,23,24). The first kappa shape index (κ1) is 21.3. The zero-order chi connectivity index (χ0) is 20.0. The first-order chi connectivity index (χ1) is 13.5. The fourth-order valence-electron chi connectivity index (χ4n) is 3.58. The van der Waals surface area contributed by atoms with Gasteiger partial charge in [-0.15, -0.1) is 0 Å². The summed E-state index contributed by atoms with van der Waals surface area (Å²) in [5, 5.41) is 14.5. The Morgan fingerprint density at radius 1 is 1.29 bits per heavy atom. The molecule has 0 amide bonds. The Labute approximate surface area is 171 Å². The van der Waals surface area contributed by atoms with Crippen molar-refractivity contribution in [3.63, 3.8) is 0 Å². The summed E-state index contributed by atoms with van der Waals surface area (Å²) in [5.41, 5.74) is -0.220. The second kappa shape index (κ2) is 9.87. The van der Waals surface area contributed by atoms with Crippen LogP contribution in [-0.4, -0.2) is 78.9 Å². The van der Waals surface area contributed by atoms with Crippen LogP contribution in [0.2, 0.25) is 5.02 Å². The molecule has 0 atom stereocenters. The highest BCUT2D eigenvalue weighted by Gasteiger charge is 2.30. The summed E-state index contributed by atoms with van der Waals surface area (Å²) in [6.07, 6.45) is 1.24. The third kappa shape index (κ3) is 5.56. The number of ether oxygens (including phenoxy) is 1. The molecular formula is C20H30ClFN4O2. The van der Waals surface area contributed by atoms with Crippen LogP contribution in [0.5, 0.6) is 0 Å². The van der Waals surface area contributed by atoms with E-state index in [-0.39, 0.29) is 5.82 Å². The number of aliphatic hydroxyl groups is 1. The average Bonchev–Trinajstić information content (AvgIpc) is 2.69. The molecule has 0 aromatic heterocycles. The molecule has 0 bridgehead atoms. The number of hydrogen-bond acceptors (Lipinski definition) is 4. The molecule has 2 fully saturated rings. The number of piperazine rings is 1. The molecule has 0 aliphatic carbocycles. The maximum atomic E-state index is 14.0. The van der Waals surface area contributed by atoms with Crippen LogP contribution in [0.1, 0.15) is 25.3 Å². The van der Waals surface area contributed by atoms with Crippen molar-refractivity contribution >= 4 is 17.6 Å². The Hall–Kier alpha value is -1.41. The number of rotatable bonds is 5. The van der Waals surface area contributed by atoms with Gasteiger partial charge < -0.3 is 20.1 Å².